The average Bonchev–Trinajstić information content (AvgIpc) is 2.71. The number of anilines is 1. The van der Waals surface area contributed by atoms with E-state index in [0.29, 0.717) is 18.8 Å². The monoisotopic (exact) mass is 384 g/mol. The van der Waals surface area contributed by atoms with E-state index >= 15 is 0 Å². The van der Waals surface area contributed by atoms with Crippen molar-refractivity contribution in [1.82, 2.24) is 5.32 Å². The van der Waals surface area contributed by atoms with E-state index in [1.54, 1.807) is 0 Å². The Bertz CT molecular complexity index is 747. The van der Waals surface area contributed by atoms with Crippen LogP contribution >= 0.6 is 0 Å². The lowest BCUT2D eigenvalue weighted by molar-refractivity contribution is -0.885. The average molecular weight is 385 g/mol. The molecule has 0 spiro atoms. The van der Waals surface area contributed by atoms with Gasteiger partial charge in [0.05, 0.1) is 7.05 Å². The van der Waals surface area contributed by atoms with Crippen LogP contribution in [-0.2, 0) is 16.2 Å². The molecule has 0 aliphatic rings. The molecule has 1 unspecified atom stereocenters. The van der Waals surface area contributed by atoms with E-state index in [2.05, 4.69) is 10.6 Å². The van der Waals surface area contributed by atoms with Crippen LogP contribution < -0.4 is 20.3 Å². The lowest BCUT2D eigenvalue weighted by Crippen LogP contribution is -3.15. The van der Waals surface area contributed by atoms with Gasteiger partial charge in [-0.25, -0.2) is 0 Å². The van der Waals surface area contributed by atoms with Crippen molar-refractivity contribution in [3.63, 3.8) is 0 Å². The van der Waals surface area contributed by atoms with Crippen LogP contribution in [0.4, 0.5) is 5.69 Å². The van der Waals surface area contributed by atoms with Crippen molar-refractivity contribution in [2.75, 3.05) is 25.5 Å². The molecule has 0 fully saturated rings. The van der Waals surface area contributed by atoms with Crippen molar-refractivity contribution in [3.8, 4) is 5.75 Å². The van der Waals surface area contributed by atoms with Crippen LogP contribution in [0.2, 0.25) is 0 Å². The van der Waals surface area contributed by atoms with Gasteiger partial charge in [-0.1, -0.05) is 37.3 Å². The molecule has 6 nitrogen and oxygen atoms in total. The number of carbonyl (C=O) groups is 2. The molecule has 0 saturated heterocycles. The molecule has 150 valence electrons. The molecule has 0 radical (unpaired) electrons. The molecular formula is C22H30N3O3+. The van der Waals surface area contributed by atoms with E-state index < -0.39 is 0 Å². The zero-order valence-corrected chi connectivity index (χ0v) is 16.8. The first-order chi connectivity index (χ1) is 13.5. The van der Waals surface area contributed by atoms with Gasteiger partial charge in [0.1, 0.15) is 12.4 Å². The minimum absolute atomic E-state index is 0.0427. The quantitative estimate of drug-likeness (QED) is 0.583. The summed E-state index contributed by atoms with van der Waals surface area (Å²) in [5.74, 6) is 0.572. The summed E-state index contributed by atoms with van der Waals surface area (Å²) in [6.07, 6.45) is 0.895. The Hall–Kier alpha value is -2.86. The van der Waals surface area contributed by atoms with E-state index in [0.717, 1.165) is 22.6 Å². The minimum atomic E-state index is -0.346. The number of quaternary nitrogens is 1. The lowest BCUT2D eigenvalue weighted by atomic mass is 10.2. The fourth-order valence-electron chi connectivity index (χ4n) is 2.58. The maximum atomic E-state index is 12.5. The molecule has 2 aromatic carbocycles. The summed E-state index contributed by atoms with van der Waals surface area (Å²) in [5, 5.41) is 5.72. The predicted molar refractivity (Wildman–Crippen MR) is 110 cm³/mol. The maximum absolute atomic E-state index is 12.5. The highest BCUT2D eigenvalue weighted by Crippen LogP contribution is 2.17. The summed E-state index contributed by atoms with van der Waals surface area (Å²) in [4.78, 5) is 25.1. The molecule has 3 N–H and O–H groups in total. The molecule has 0 aromatic heterocycles. The van der Waals surface area contributed by atoms with Gasteiger partial charge in [-0.15, -0.1) is 0 Å². The van der Waals surface area contributed by atoms with Crippen molar-refractivity contribution in [1.29, 1.82) is 0 Å². The van der Waals surface area contributed by atoms with Crippen molar-refractivity contribution >= 4 is 17.5 Å². The Balaban J connectivity index is 1.81. The highest BCUT2D eigenvalue weighted by atomic mass is 16.5. The van der Waals surface area contributed by atoms with Gasteiger partial charge in [0, 0.05) is 12.2 Å². The van der Waals surface area contributed by atoms with Gasteiger partial charge in [-0.2, -0.15) is 0 Å². The van der Waals surface area contributed by atoms with Gasteiger partial charge in [-0.3, -0.25) is 9.59 Å². The van der Waals surface area contributed by atoms with Gasteiger partial charge < -0.3 is 20.3 Å². The first kappa shape index (κ1) is 21.4. The highest BCUT2D eigenvalue weighted by molar-refractivity contribution is 5.93. The first-order valence-electron chi connectivity index (χ1n) is 9.66. The molecule has 0 saturated carbocycles. The standard InChI is InChI=1S/C22H29N3O3/c1-4-14-23-21(26)15-25(3)17(2)22(27)24-19-10-12-20(13-11-19)28-16-18-8-6-5-7-9-18/h5-13,17H,4,14-16H2,1-3H3,(H,23,26)(H,24,27)/p+1/t17-/m0/s1. The minimum Gasteiger partial charge on any atom is -0.489 e. The van der Waals surface area contributed by atoms with Gasteiger partial charge >= 0.3 is 0 Å². The summed E-state index contributed by atoms with van der Waals surface area (Å²) in [7, 11) is 1.84. The Morgan fingerprint density at radius 3 is 2.39 bits per heavy atom. The second-order valence-corrected chi connectivity index (χ2v) is 6.88. The number of rotatable bonds is 10. The number of ether oxygens (including phenoxy) is 1. The van der Waals surface area contributed by atoms with Crippen LogP contribution in [0.5, 0.6) is 5.75 Å². The smallest absolute Gasteiger partial charge is 0.282 e. The molecule has 0 heterocycles. The van der Waals surface area contributed by atoms with E-state index in [4.69, 9.17) is 4.74 Å². The molecule has 2 rings (SSSR count). The van der Waals surface area contributed by atoms with E-state index in [9.17, 15) is 9.59 Å². The lowest BCUT2D eigenvalue weighted by Gasteiger charge is -2.20. The molecule has 2 atom stereocenters. The predicted octanol–water partition coefficient (Wildman–Crippen LogP) is 1.63. The summed E-state index contributed by atoms with van der Waals surface area (Å²) < 4.78 is 5.75. The molecule has 2 amide bonds. The van der Waals surface area contributed by atoms with Crippen molar-refractivity contribution in [2.45, 2.75) is 32.9 Å². The maximum Gasteiger partial charge on any atom is 0.282 e. The SMILES string of the molecule is CCCNC(=O)C[NH+](C)[C@@H](C)C(=O)Nc1ccc(OCc2ccccc2)cc1. The molecule has 0 aliphatic carbocycles. The topological polar surface area (TPSA) is 71.9 Å². The molecule has 28 heavy (non-hydrogen) atoms. The van der Waals surface area contributed by atoms with Gasteiger partial charge in [0.15, 0.2) is 12.6 Å². The third-order valence-electron chi connectivity index (χ3n) is 4.51. The van der Waals surface area contributed by atoms with Gasteiger partial charge in [0.2, 0.25) is 0 Å². The fraction of sp³-hybridized carbons (Fsp3) is 0.364. The fourth-order valence-corrected chi connectivity index (χ4v) is 2.58. The molecule has 0 aliphatic heterocycles. The van der Waals surface area contributed by atoms with Crippen LogP contribution in [0.15, 0.2) is 54.6 Å². The van der Waals surface area contributed by atoms with Crippen molar-refractivity contribution < 1.29 is 19.2 Å². The first-order valence-corrected chi connectivity index (χ1v) is 9.66. The number of hydrogen-bond donors (Lipinski definition) is 3. The van der Waals surface area contributed by atoms with Crippen LogP contribution in [0, 0.1) is 0 Å². The van der Waals surface area contributed by atoms with Crippen LogP contribution in [0.3, 0.4) is 0 Å². The Kier molecular flexibility index (Phi) is 8.49. The van der Waals surface area contributed by atoms with Crippen molar-refractivity contribution in [2.24, 2.45) is 0 Å². The summed E-state index contributed by atoms with van der Waals surface area (Å²) in [5.41, 5.74) is 1.80. The number of carbonyl (C=O) groups excluding carboxylic acids is 2. The summed E-state index contributed by atoms with van der Waals surface area (Å²) in [6.45, 7) is 5.24. The van der Waals surface area contributed by atoms with Gasteiger partial charge in [-0.05, 0) is 43.2 Å². The largest absolute Gasteiger partial charge is 0.489 e. The second kappa shape index (κ2) is 11.1. The molecule has 6 heteroatoms. The molecule has 2 aromatic rings. The van der Waals surface area contributed by atoms with E-state index in [1.807, 2.05) is 75.5 Å². The van der Waals surface area contributed by atoms with Gasteiger partial charge in [0.25, 0.3) is 11.8 Å². The van der Waals surface area contributed by atoms with E-state index in [-0.39, 0.29) is 24.4 Å². The van der Waals surface area contributed by atoms with Crippen molar-refractivity contribution in [3.05, 3.63) is 60.2 Å². The third-order valence-corrected chi connectivity index (χ3v) is 4.51. The number of hydrogen-bond acceptors (Lipinski definition) is 3. The molecule has 0 bridgehead atoms. The normalized spacial score (nSPS) is 12.7. The molecular weight excluding hydrogens is 354 g/mol. The zero-order valence-electron chi connectivity index (χ0n) is 16.8. The number of benzene rings is 2. The highest BCUT2D eigenvalue weighted by Gasteiger charge is 2.23. The number of likely N-dealkylation sites (N-methyl/N-ethyl adjacent to an activating group) is 1. The Labute approximate surface area is 166 Å². The van der Waals surface area contributed by atoms with Crippen LogP contribution in [0.1, 0.15) is 25.8 Å². The summed E-state index contributed by atoms with van der Waals surface area (Å²) in [6, 6.07) is 16.9. The second-order valence-electron chi connectivity index (χ2n) is 6.88. The Morgan fingerprint density at radius 2 is 1.75 bits per heavy atom. The number of amides is 2. The third kappa shape index (κ3) is 7.04. The number of nitrogens with one attached hydrogen (secondary N) is 3. The summed E-state index contributed by atoms with van der Waals surface area (Å²) >= 11 is 0. The van der Waals surface area contributed by atoms with Crippen LogP contribution in [-0.4, -0.2) is 38.0 Å². The zero-order chi connectivity index (χ0) is 20.4. The van der Waals surface area contributed by atoms with Crippen LogP contribution in [0.25, 0.3) is 0 Å². The van der Waals surface area contributed by atoms with E-state index in [1.165, 1.54) is 0 Å². The Morgan fingerprint density at radius 1 is 1.07 bits per heavy atom.